The molecule has 2 rings (SSSR count). The number of ether oxygens (including phenoxy) is 1. The lowest BCUT2D eigenvalue weighted by Crippen LogP contribution is -2.09. The highest BCUT2D eigenvalue weighted by Crippen LogP contribution is 2.28. The molecule has 0 unspecified atom stereocenters. The van der Waals surface area contributed by atoms with E-state index >= 15 is 0 Å². The molecule has 112 valence electrons. The molecule has 2 aromatic rings. The molecule has 0 fully saturated rings. The van der Waals surface area contributed by atoms with E-state index in [0.29, 0.717) is 11.6 Å². The van der Waals surface area contributed by atoms with Gasteiger partial charge in [-0.3, -0.25) is 0 Å². The van der Waals surface area contributed by atoms with Crippen LogP contribution in [0.3, 0.4) is 0 Å². The molecule has 0 aliphatic heterocycles. The van der Waals surface area contributed by atoms with Crippen LogP contribution in [0.25, 0.3) is 0 Å². The summed E-state index contributed by atoms with van der Waals surface area (Å²) in [5, 5.41) is 0.678. The van der Waals surface area contributed by atoms with Gasteiger partial charge in [-0.2, -0.15) is 0 Å². The second-order valence-electron chi connectivity index (χ2n) is 5.64. The molecular weight excluding hydrogens is 282 g/mol. The van der Waals surface area contributed by atoms with E-state index in [9.17, 15) is 0 Å². The number of benzene rings is 2. The van der Waals surface area contributed by atoms with Crippen LogP contribution in [-0.2, 0) is 6.61 Å². The second kappa shape index (κ2) is 6.50. The molecule has 0 saturated carbocycles. The summed E-state index contributed by atoms with van der Waals surface area (Å²) < 4.78 is 6.00. The Balaban J connectivity index is 2.25. The first-order valence-electron chi connectivity index (χ1n) is 7.13. The Morgan fingerprint density at radius 2 is 1.71 bits per heavy atom. The summed E-state index contributed by atoms with van der Waals surface area (Å²) in [4.78, 5) is 0. The molecule has 0 heterocycles. The topological polar surface area (TPSA) is 35.2 Å². The van der Waals surface area contributed by atoms with Gasteiger partial charge in [0.1, 0.15) is 12.4 Å². The fourth-order valence-electron chi connectivity index (χ4n) is 2.59. The molecule has 0 radical (unpaired) electrons. The molecule has 21 heavy (non-hydrogen) atoms. The highest BCUT2D eigenvalue weighted by atomic mass is 35.5. The third kappa shape index (κ3) is 3.78. The molecular formula is C18H22ClNO. The average Bonchev–Trinajstić information content (AvgIpc) is 2.38. The molecule has 0 aromatic heterocycles. The third-order valence-corrected chi connectivity index (χ3v) is 3.91. The Morgan fingerprint density at radius 1 is 1.10 bits per heavy atom. The van der Waals surface area contributed by atoms with Gasteiger partial charge in [-0.15, -0.1) is 0 Å². The summed E-state index contributed by atoms with van der Waals surface area (Å²) in [7, 11) is 0. The average molecular weight is 304 g/mol. The molecule has 0 saturated heterocycles. The largest absolute Gasteiger partial charge is 0.489 e. The van der Waals surface area contributed by atoms with Crippen molar-refractivity contribution >= 4 is 11.6 Å². The highest BCUT2D eigenvalue weighted by Gasteiger charge is 2.11. The Bertz CT molecular complexity index is 627. The predicted molar refractivity (Wildman–Crippen MR) is 89.0 cm³/mol. The fourth-order valence-corrected chi connectivity index (χ4v) is 2.77. The minimum atomic E-state index is -0.112. The summed E-state index contributed by atoms with van der Waals surface area (Å²) in [6.07, 6.45) is 0. The van der Waals surface area contributed by atoms with Crippen molar-refractivity contribution in [1.82, 2.24) is 0 Å². The number of aryl methyl sites for hydroxylation is 3. The van der Waals surface area contributed by atoms with Crippen molar-refractivity contribution < 1.29 is 4.74 Å². The van der Waals surface area contributed by atoms with Gasteiger partial charge in [0, 0.05) is 16.6 Å². The fraction of sp³-hybridized carbons (Fsp3) is 0.333. The van der Waals surface area contributed by atoms with Crippen molar-refractivity contribution in [3.63, 3.8) is 0 Å². The minimum Gasteiger partial charge on any atom is -0.489 e. The maximum absolute atomic E-state index is 6.03. The van der Waals surface area contributed by atoms with Crippen molar-refractivity contribution in [3.8, 4) is 5.75 Å². The van der Waals surface area contributed by atoms with E-state index in [1.807, 2.05) is 25.1 Å². The monoisotopic (exact) mass is 303 g/mol. The Kier molecular flexibility index (Phi) is 4.92. The van der Waals surface area contributed by atoms with E-state index in [-0.39, 0.29) is 6.04 Å². The van der Waals surface area contributed by atoms with Crippen LogP contribution in [0.2, 0.25) is 5.02 Å². The van der Waals surface area contributed by atoms with Gasteiger partial charge >= 0.3 is 0 Å². The smallest absolute Gasteiger partial charge is 0.124 e. The Morgan fingerprint density at radius 3 is 2.29 bits per heavy atom. The van der Waals surface area contributed by atoms with E-state index in [1.165, 1.54) is 22.3 Å². The van der Waals surface area contributed by atoms with E-state index < -0.39 is 0 Å². The van der Waals surface area contributed by atoms with Crippen LogP contribution in [0.4, 0.5) is 0 Å². The summed E-state index contributed by atoms with van der Waals surface area (Å²) in [6, 6.07) is 9.84. The molecule has 1 atom stereocenters. The van der Waals surface area contributed by atoms with Gasteiger partial charge in [-0.25, -0.2) is 0 Å². The zero-order chi connectivity index (χ0) is 15.6. The number of halogens is 1. The second-order valence-corrected chi connectivity index (χ2v) is 6.07. The molecule has 3 heteroatoms. The molecule has 0 aliphatic rings. The normalized spacial score (nSPS) is 12.3. The van der Waals surface area contributed by atoms with Gasteiger partial charge in [-0.05, 0) is 62.6 Å². The standard InChI is InChI=1S/C18H22ClNO/c1-11-7-12(2)17(13(3)8-11)10-21-18-6-5-15(19)9-16(18)14(4)20/h5-9,14H,10,20H2,1-4H3/t14-/m1/s1. The van der Waals surface area contributed by atoms with E-state index in [1.54, 1.807) is 0 Å². The van der Waals surface area contributed by atoms with Crippen LogP contribution in [0, 0.1) is 20.8 Å². The third-order valence-electron chi connectivity index (χ3n) is 3.67. The van der Waals surface area contributed by atoms with Crippen molar-refractivity contribution in [3.05, 3.63) is 63.2 Å². The van der Waals surface area contributed by atoms with Crippen molar-refractivity contribution in [1.29, 1.82) is 0 Å². The maximum atomic E-state index is 6.03. The van der Waals surface area contributed by atoms with Gasteiger partial charge in [0.2, 0.25) is 0 Å². The minimum absolute atomic E-state index is 0.112. The quantitative estimate of drug-likeness (QED) is 0.875. The summed E-state index contributed by atoms with van der Waals surface area (Å²) in [5.41, 5.74) is 11.9. The van der Waals surface area contributed by atoms with Gasteiger partial charge < -0.3 is 10.5 Å². The highest BCUT2D eigenvalue weighted by molar-refractivity contribution is 6.30. The maximum Gasteiger partial charge on any atom is 0.124 e. The van der Waals surface area contributed by atoms with Gasteiger partial charge in [0.25, 0.3) is 0 Å². The zero-order valence-electron chi connectivity index (χ0n) is 13.0. The summed E-state index contributed by atoms with van der Waals surface area (Å²) in [5.74, 6) is 0.800. The van der Waals surface area contributed by atoms with Crippen LogP contribution < -0.4 is 10.5 Å². The summed E-state index contributed by atoms with van der Waals surface area (Å²) in [6.45, 7) is 8.82. The molecule has 0 bridgehead atoms. The molecule has 0 aliphatic carbocycles. The zero-order valence-corrected chi connectivity index (χ0v) is 13.8. The van der Waals surface area contributed by atoms with Crippen molar-refractivity contribution in [2.24, 2.45) is 5.73 Å². The molecule has 2 N–H and O–H groups in total. The first-order chi connectivity index (χ1) is 9.88. The van der Waals surface area contributed by atoms with Gasteiger partial charge in [0.05, 0.1) is 0 Å². The van der Waals surface area contributed by atoms with Crippen LogP contribution in [-0.4, -0.2) is 0 Å². The van der Waals surface area contributed by atoms with Crippen molar-refractivity contribution in [2.75, 3.05) is 0 Å². The summed E-state index contributed by atoms with van der Waals surface area (Å²) >= 11 is 6.03. The van der Waals surface area contributed by atoms with Crippen molar-refractivity contribution in [2.45, 2.75) is 40.3 Å². The van der Waals surface area contributed by atoms with Gasteiger partial charge in [0.15, 0.2) is 0 Å². The van der Waals surface area contributed by atoms with E-state index in [2.05, 4.69) is 32.9 Å². The lowest BCUT2D eigenvalue weighted by atomic mass is 10.0. The lowest BCUT2D eigenvalue weighted by molar-refractivity contribution is 0.300. The number of hydrogen-bond donors (Lipinski definition) is 1. The lowest BCUT2D eigenvalue weighted by Gasteiger charge is -2.17. The Hall–Kier alpha value is -1.51. The van der Waals surface area contributed by atoms with Crippen LogP contribution in [0.5, 0.6) is 5.75 Å². The molecule has 0 spiro atoms. The number of nitrogens with two attached hydrogens (primary N) is 1. The first-order valence-corrected chi connectivity index (χ1v) is 7.51. The van der Waals surface area contributed by atoms with Gasteiger partial charge in [-0.1, -0.05) is 29.3 Å². The molecule has 2 aromatic carbocycles. The SMILES string of the molecule is Cc1cc(C)c(COc2ccc(Cl)cc2[C@@H](C)N)c(C)c1. The van der Waals surface area contributed by atoms with Crippen LogP contribution in [0.1, 0.15) is 40.8 Å². The van der Waals surface area contributed by atoms with Crippen LogP contribution >= 0.6 is 11.6 Å². The van der Waals surface area contributed by atoms with Crippen LogP contribution in [0.15, 0.2) is 30.3 Å². The molecule has 2 nitrogen and oxygen atoms in total. The number of hydrogen-bond acceptors (Lipinski definition) is 2. The van der Waals surface area contributed by atoms with E-state index in [0.717, 1.165) is 11.3 Å². The number of rotatable bonds is 4. The molecule has 0 amide bonds. The Labute approximate surface area is 131 Å². The van der Waals surface area contributed by atoms with E-state index in [4.69, 9.17) is 22.1 Å². The first kappa shape index (κ1) is 15.9. The predicted octanol–water partition coefficient (Wildman–Crippen LogP) is 4.86.